The topological polar surface area (TPSA) is 83.9 Å². The molecule has 2 aliphatic heterocycles. The molecule has 1 saturated heterocycles. The molecule has 7 nitrogen and oxygen atoms in total. The number of hydrogen-bond donors (Lipinski definition) is 2. The Kier molecular flexibility index (Phi) is 6.67. The van der Waals surface area contributed by atoms with Crippen molar-refractivity contribution in [1.29, 1.82) is 0 Å². The summed E-state index contributed by atoms with van der Waals surface area (Å²) in [5.74, 6) is 1.36. The van der Waals surface area contributed by atoms with Crippen molar-refractivity contribution in [3.8, 4) is 11.5 Å². The molecule has 1 aliphatic carbocycles. The Labute approximate surface area is 218 Å². The van der Waals surface area contributed by atoms with E-state index in [1.54, 1.807) is 6.20 Å². The van der Waals surface area contributed by atoms with E-state index in [-0.39, 0.29) is 31.1 Å². The molecule has 184 valence electrons. The number of amides is 1. The lowest BCUT2D eigenvalue weighted by molar-refractivity contribution is -0.118. The third-order valence-corrected chi connectivity index (χ3v) is 8.18. The first-order chi connectivity index (χ1) is 16.5. The molecule has 0 bridgehead atoms. The first kappa shape index (κ1) is 24.3. The molecule has 1 aromatic heterocycles. The van der Waals surface area contributed by atoms with Gasteiger partial charge in [0.25, 0.3) is 0 Å². The maximum Gasteiger partial charge on any atom is 0.236 e. The molecule has 10 heteroatoms. The van der Waals surface area contributed by atoms with Crippen LogP contribution < -0.4 is 14.8 Å². The van der Waals surface area contributed by atoms with E-state index in [0.717, 1.165) is 35.4 Å². The number of carbonyl (C=O) groups is 1. The highest BCUT2D eigenvalue weighted by Crippen LogP contribution is 2.51. The van der Waals surface area contributed by atoms with Gasteiger partial charge in [-0.1, -0.05) is 35.9 Å². The number of carbonyl (C=O) groups excluding carboxylic acids is 1. The van der Waals surface area contributed by atoms with E-state index in [2.05, 4.69) is 15.2 Å². The van der Waals surface area contributed by atoms with Crippen LogP contribution in [0, 0.1) is 0 Å². The van der Waals surface area contributed by atoms with Gasteiger partial charge in [-0.05, 0) is 48.6 Å². The lowest BCUT2D eigenvalue weighted by Crippen LogP contribution is -2.27. The minimum atomic E-state index is -0.541. The van der Waals surface area contributed by atoms with Gasteiger partial charge in [-0.25, -0.2) is 4.98 Å². The molecule has 1 saturated carbocycles. The van der Waals surface area contributed by atoms with E-state index >= 15 is 0 Å². The van der Waals surface area contributed by atoms with Gasteiger partial charge in [0.2, 0.25) is 12.7 Å². The number of anilines is 1. The summed E-state index contributed by atoms with van der Waals surface area (Å²) in [7, 11) is 0. The van der Waals surface area contributed by atoms with Gasteiger partial charge in [0.05, 0.1) is 17.6 Å². The lowest BCUT2D eigenvalue weighted by atomic mass is 9.94. The van der Waals surface area contributed by atoms with Crippen molar-refractivity contribution < 1.29 is 19.4 Å². The number of hydrogen-bond acceptors (Lipinski definition) is 7. The number of halogens is 2. The maximum absolute atomic E-state index is 13.2. The van der Waals surface area contributed by atoms with Gasteiger partial charge in [-0.15, -0.1) is 23.7 Å². The molecule has 2 unspecified atom stereocenters. The monoisotopic (exact) mass is 533 g/mol. The number of likely N-dealkylation sites (tertiary alicyclic amines) is 1. The molecular weight excluding hydrogens is 509 g/mol. The summed E-state index contributed by atoms with van der Waals surface area (Å²) >= 11 is 7.89. The minimum absolute atomic E-state index is 0. The second-order valence-corrected chi connectivity index (χ2v) is 10.6. The van der Waals surface area contributed by atoms with Crippen molar-refractivity contribution in [3.05, 3.63) is 69.7 Å². The summed E-state index contributed by atoms with van der Waals surface area (Å²) in [5, 5.41) is 14.9. The van der Waals surface area contributed by atoms with E-state index in [0.29, 0.717) is 34.6 Å². The van der Waals surface area contributed by atoms with Gasteiger partial charge >= 0.3 is 0 Å². The number of aliphatic hydroxyl groups excluding tert-OH is 1. The van der Waals surface area contributed by atoms with Crippen LogP contribution >= 0.6 is 35.3 Å². The van der Waals surface area contributed by atoms with Gasteiger partial charge in [0, 0.05) is 29.2 Å². The summed E-state index contributed by atoms with van der Waals surface area (Å²) in [5.41, 5.74) is 1.34. The van der Waals surface area contributed by atoms with Crippen LogP contribution in [0.4, 0.5) is 5.13 Å². The average molecular weight is 534 g/mol. The van der Waals surface area contributed by atoms with Gasteiger partial charge in [-0.2, -0.15) is 0 Å². The predicted octanol–water partition coefficient (Wildman–Crippen LogP) is 4.93. The van der Waals surface area contributed by atoms with E-state index in [4.69, 9.17) is 21.1 Å². The zero-order valence-corrected chi connectivity index (χ0v) is 21.2. The van der Waals surface area contributed by atoms with Gasteiger partial charge in [-0.3, -0.25) is 9.69 Å². The highest BCUT2D eigenvalue weighted by molar-refractivity contribution is 7.15. The predicted molar refractivity (Wildman–Crippen MR) is 137 cm³/mol. The highest BCUT2D eigenvalue weighted by atomic mass is 35.5. The van der Waals surface area contributed by atoms with Crippen molar-refractivity contribution in [2.75, 3.05) is 18.7 Å². The van der Waals surface area contributed by atoms with Crippen LogP contribution in [0.3, 0.4) is 0 Å². The highest BCUT2D eigenvalue weighted by Gasteiger charge is 2.52. The maximum atomic E-state index is 13.2. The van der Waals surface area contributed by atoms with Crippen LogP contribution in [-0.4, -0.2) is 40.3 Å². The third-order valence-electron chi connectivity index (χ3n) is 6.94. The fraction of sp³-hybridized carbons (Fsp3) is 0.360. The molecule has 2 fully saturated rings. The summed E-state index contributed by atoms with van der Waals surface area (Å²) < 4.78 is 10.9. The van der Waals surface area contributed by atoms with Crippen LogP contribution in [0.5, 0.6) is 11.5 Å². The second-order valence-electron chi connectivity index (χ2n) is 9.03. The van der Waals surface area contributed by atoms with Crippen molar-refractivity contribution in [1.82, 2.24) is 9.88 Å². The zero-order chi connectivity index (χ0) is 23.3. The van der Waals surface area contributed by atoms with E-state index in [9.17, 15) is 9.90 Å². The van der Waals surface area contributed by atoms with Crippen molar-refractivity contribution in [2.45, 2.75) is 43.4 Å². The molecule has 2 aromatic carbocycles. The molecule has 0 spiro atoms. The number of rotatable bonds is 6. The number of thiazole rings is 1. The molecular formula is C25H25Cl2N3O4S. The largest absolute Gasteiger partial charge is 0.454 e. The average Bonchev–Trinajstić information content (AvgIpc) is 3.12. The van der Waals surface area contributed by atoms with Gasteiger partial charge in [0.15, 0.2) is 16.6 Å². The van der Waals surface area contributed by atoms with Crippen molar-refractivity contribution in [3.63, 3.8) is 0 Å². The fourth-order valence-electron chi connectivity index (χ4n) is 4.96. The SMILES string of the molecule is Cl.O=C(Nc1ncc(CN2CCC(O)C2c2ccccc2Cl)s1)C1(c2ccc3c(c2)OCO3)CC1. The van der Waals surface area contributed by atoms with Crippen LogP contribution in [0.25, 0.3) is 0 Å². The normalized spacial score (nSPS) is 22.0. The molecule has 0 radical (unpaired) electrons. The standard InChI is InChI=1S/C25H24ClN3O4S.ClH/c26-18-4-2-1-3-17(18)22-19(30)7-10-29(22)13-16-12-27-24(34-16)28-23(31)25(8-9-25)15-5-6-20-21(11-15)33-14-32-20;/h1-6,11-12,19,22,30H,7-10,13-14H2,(H,27,28,31);1H. The molecule has 1 amide bonds. The molecule has 3 aliphatic rings. The smallest absolute Gasteiger partial charge is 0.236 e. The Morgan fingerprint density at radius 2 is 2.03 bits per heavy atom. The molecule has 6 rings (SSSR count). The van der Waals surface area contributed by atoms with Gasteiger partial charge < -0.3 is 19.9 Å². The Morgan fingerprint density at radius 3 is 2.83 bits per heavy atom. The summed E-state index contributed by atoms with van der Waals surface area (Å²) in [6.45, 7) is 1.61. The van der Waals surface area contributed by atoms with Gasteiger partial charge in [0.1, 0.15) is 0 Å². The second kappa shape index (κ2) is 9.59. The van der Waals surface area contributed by atoms with E-state index in [1.807, 2.05) is 42.5 Å². The van der Waals surface area contributed by atoms with Crippen molar-refractivity contribution >= 4 is 46.4 Å². The number of fused-ring (bicyclic) bond motifs is 1. The Balaban J connectivity index is 0.00000253. The third kappa shape index (κ3) is 4.49. The quantitative estimate of drug-likeness (QED) is 0.467. The Morgan fingerprint density at radius 1 is 1.23 bits per heavy atom. The number of nitrogens with one attached hydrogen (secondary N) is 1. The number of aromatic nitrogens is 1. The summed E-state index contributed by atoms with van der Waals surface area (Å²) in [4.78, 5) is 20.9. The number of aliphatic hydroxyl groups is 1. The molecule has 2 atom stereocenters. The van der Waals surface area contributed by atoms with Crippen LogP contribution in [0.15, 0.2) is 48.7 Å². The Hall–Kier alpha value is -2.36. The molecule has 3 heterocycles. The minimum Gasteiger partial charge on any atom is -0.454 e. The molecule has 3 aromatic rings. The fourth-order valence-corrected chi connectivity index (χ4v) is 6.04. The molecule has 2 N–H and O–H groups in total. The molecule has 35 heavy (non-hydrogen) atoms. The first-order valence-electron chi connectivity index (χ1n) is 11.4. The van der Waals surface area contributed by atoms with E-state index < -0.39 is 11.5 Å². The zero-order valence-electron chi connectivity index (χ0n) is 18.8. The summed E-state index contributed by atoms with van der Waals surface area (Å²) in [6, 6.07) is 13.2. The van der Waals surface area contributed by atoms with E-state index in [1.165, 1.54) is 11.3 Å². The van der Waals surface area contributed by atoms with Crippen LogP contribution in [0.2, 0.25) is 5.02 Å². The Bertz CT molecular complexity index is 1250. The lowest BCUT2D eigenvalue weighted by Gasteiger charge is -2.26. The number of nitrogens with zero attached hydrogens (tertiary/aromatic N) is 2. The first-order valence-corrected chi connectivity index (χ1v) is 12.6. The number of benzene rings is 2. The summed E-state index contributed by atoms with van der Waals surface area (Å²) in [6.07, 6.45) is 3.61. The van der Waals surface area contributed by atoms with Crippen LogP contribution in [0.1, 0.15) is 41.3 Å². The number of ether oxygens (including phenoxy) is 2. The van der Waals surface area contributed by atoms with Crippen LogP contribution in [-0.2, 0) is 16.8 Å². The van der Waals surface area contributed by atoms with Crippen molar-refractivity contribution in [2.24, 2.45) is 0 Å².